The third kappa shape index (κ3) is 2.86. The van der Waals surface area contributed by atoms with Gasteiger partial charge in [0, 0.05) is 0 Å². The Morgan fingerprint density at radius 1 is 1.29 bits per heavy atom. The second kappa shape index (κ2) is 6.43. The first-order valence-corrected chi connectivity index (χ1v) is 8.83. The van der Waals surface area contributed by atoms with Crippen LogP contribution in [0.15, 0.2) is 46.6 Å². The average Bonchev–Trinajstić information content (AvgIpc) is 2.80. The summed E-state index contributed by atoms with van der Waals surface area (Å²) in [7, 11) is 0. The summed E-state index contributed by atoms with van der Waals surface area (Å²) in [4.78, 5) is 31.5. The lowest BCUT2D eigenvalue weighted by Gasteiger charge is -2.33. The Bertz CT molecular complexity index is 740. The van der Waals surface area contributed by atoms with E-state index in [0.29, 0.717) is 16.4 Å². The summed E-state index contributed by atoms with van der Waals surface area (Å²) < 4.78 is 5.41. The van der Waals surface area contributed by atoms with Gasteiger partial charge in [0.2, 0.25) is 5.91 Å². The lowest BCUT2D eigenvalue weighted by Crippen LogP contribution is -2.40. The van der Waals surface area contributed by atoms with E-state index in [1.165, 1.54) is 11.8 Å². The van der Waals surface area contributed by atoms with Crippen molar-refractivity contribution in [1.29, 1.82) is 0 Å². The molecule has 2 atom stereocenters. The SMILES string of the molecule is CC1=C(C(=O)OC(C)C)[C@@H](c2ccccc2)N2C(=O)[C@H](C)SC2=N1. The van der Waals surface area contributed by atoms with E-state index in [9.17, 15) is 9.59 Å². The van der Waals surface area contributed by atoms with Crippen molar-refractivity contribution in [2.45, 2.75) is 45.1 Å². The molecule has 0 aliphatic carbocycles. The molecule has 1 amide bonds. The number of hydrogen-bond donors (Lipinski definition) is 0. The number of thioether (sulfide) groups is 1. The molecule has 0 bridgehead atoms. The summed E-state index contributed by atoms with van der Waals surface area (Å²) in [5.74, 6) is -0.452. The fraction of sp³-hybridized carbons (Fsp3) is 0.389. The molecular formula is C18H20N2O3S. The monoisotopic (exact) mass is 344 g/mol. The van der Waals surface area contributed by atoms with Crippen LogP contribution < -0.4 is 0 Å². The molecule has 3 rings (SSSR count). The molecule has 2 aliphatic heterocycles. The zero-order valence-electron chi connectivity index (χ0n) is 14.1. The Kier molecular flexibility index (Phi) is 4.49. The van der Waals surface area contributed by atoms with Gasteiger partial charge in [-0.3, -0.25) is 9.69 Å². The number of carbonyl (C=O) groups is 2. The van der Waals surface area contributed by atoms with Crippen LogP contribution in [0.2, 0.25) is 0 Å². The number of esters is 1. The van der Waals surface area contributed by atoms with Gasteiger partial charge >= 0.3 is 5.97 Å². The number of allylic oxidation sites excluding steroid dienone is 1. The second-order valence-corrected chi connectivity index (χ2v) is 7.44. The fourth-order valence-corrected chi connectivity index (χ4v) is 3.92. The van der Waals surface area contributed by atoms with E-state index in [4.69, 9.17) is 4.74 Å². The van der Waals surface area contributed by atoms with Crippen molar-refractivity contribution in [2.24, 2.45) is 4.99 Å². The van der Waals surface area contributed by atoms with Gasteiger partial charge in [0.25, 0.3) is 0 Å². The Morgan fingerprint density at radius 3 is 2.58 bits per heavy atom. The number of hydrogen-bond acceptors (Lipinski definition) is 5. The van der Waals surface area contributed by atoms with E-state index in [1.807, 2.05) is 51.1 Å². The molecule has 2 heterocycles. The molecule has 1 aromatic rings. The molecule has 1 saturated heterocycles. The topological polar surface area (TPSA) is 59.0 Å². The van der Waals surface area contributed by atoms with Crippen molar-refractivity contribution in [2.75, 3.05) is 0 Å². The molecule has 1 aromatic carbocycles. The molecule has 0 unspecified atom stereocenters. The highest BCUT2D eigenvalue weighted by Crippen LogP contribution is 2.43. The van der Waals surface area contributed by atoms with Gasteiger partial charge in [-0.1, -0.05) is 42.1 Å². The first kappa shape index (κ1) is 16.8. The minimum absolute atomic E-state index is 0.0325. The maximum absolute atomic E-state index is 12.7. The molecule has 24 heavy (non-hydrogen) atoms. The van der Waals surface area contributed by atoms with Gasteiger partial charge in [-0.25, -0.2) is 9.79 Å². The first-order valence-electron chi connectivity index (χ1n) is 7.95. The highest BCUT2D eigenvalue weighted by molar-refractivity contribution is 8.15. The lowest BCUT2D eigenvalue weighted by molar-refractivity contribution is -0.143. The Hall–Kier alpha value is -2.08. The van der Waals surface area contributed by atoms with E-state index >= 15 is 0 Å². The van der Waals surface area contributed by atoms with E-state index < -0.39 is 12.0 Å². The van der Waals surface area contributed by atoms with Crippen LogP contribution in [0.1, 0.15) is 39.3 Å². The van der Waals surface area contributed by atoms with Crippen LogP contribution in [-0.2, 0) is 14.3 Å². The van der Waals surface area contributed by atoms with Crippen LogP contribution in [0, 0.1) is 0 Å². The van der Waals surface area contributed by atoms with Crippen molar-refractivity contribution >= 4 is 28.8 Å². The predicted octanol–water partition coefficient (Wildman–Crippen LogP) is 3.29. The normalized spacial score (nSPS) is 23.5. The first-order chi connectivity index (χ1) is 11.4. The van der Waals surface area contributed by atoms with Crippen molar-refractivity contribution in [3.05, 3.63) is 47.2 Å². The van der Waals surface area contributed by atoms with Crippen LogP contribution in [0.5, 0.6) is 0 Å². The van der Waals surface area contributed by atoms with E-state index in [0.717, 1.165) is 5.56 Å². The number of amides is 1. The number of benzene rings is 1. The van der Waals surface area contributed by atoms with Gasteiger partial charge in [-0.2, -0.15) is 0 Å². The van der Waals surface area contributed by atoms with Gasteiger partial charge in [0.1, 0.15) is 0 Å². The largest absolute Gasteiger partial charge is 0.459 e. The molecule has 6 heteroatoms. The molecule has 0 N–H and O–H groups in total. The summed E-state index contributed by atoms with van der Waals surface area (Å²) >= 11 is 1.43. The number of aliphatic imine (C=N–C) groups is 1. The molecule has 0 radical (unpaired) electrons. The molecule has 126 valence electrons. The summed E-state index contributed by atoms with van der Waals surface area (Å²) in [5.41, 5.74) is 1.92. The maximum atomic E-state index is 12.7. The summed E-state index contributed by atoms with van der Waals surface area (Å²) in [6.45, 7) is 7.27. The minimum atomic E-state index is -0.491. The number of ether oxygens (including phenoxy) is 1. The molecule has 2 aliphatic rings. The Morgan fingerprint density at radius 2 is 1.96 bits per heavy atom. The third-order valence-corrected chi connectivity index (χ3v) is 4.99. The fourth-order valence-electron chi connectivity index (χ4n) is 2.89. The predicted molar refractivity (Wildman–Crippen MR) is 94.4 cm³/mol. The smallest absolute Gasteiger partial charge is 0.338 e. The standard InChI is InChI=1S/C18H20N2O3S/c1-10(2)23-17(22)14-11(3)19-18-20(16(21)12(4)24-18)15(14)13-8-6-5-7-9-13/h5-10,12,15H,1-4H3/t12-,15+/m0/s1. The highest BCUT2D eigenvalue weighted by atomic mass is 32.2. The molecule has 0 spiro atoms. The van der Waals surface area contributed by atoms with Crippen LogP contribution in [0.3, 0.4) is 0 Å². The zero-order valence-corrected chi connectivity index (χ0v) is 15.0. The minimum Gasteiger partial charge on any atom is -0.459 e. The Balaban J connectivity index is 2.12. The quantitative estimate of drug-likeness (QED) is 0.790. The lowest BCUT2D eigenvalue weighted by atomic mass is 9.94. The zero-order chi connectivity index (χ0) is 17.4. The molecular weight excluding hydrogens is 324 g/mol. The summed E-state index contributed by atoms with van der Waals surface area (Å²) in [6, 6.07) is 9.06. The Labute approximate surface area is 145 Å². The van der Waals surface area contributed by atoms with Crippen LogP contribution in [0.25, 0.3) is 0 Å². The summed E-state index contributed by atoms with van der Waals surface area (Å²) in [5, 5.41) is 0.447. The molecule has 0 aromatic heterocycles. The van der Waals surface area contributed by atoms with Crippen LogP contribution >= 0.6 is 11.8 Å². The molecule has 1 fully saturated rings. The van der Waals surface area contributed by atoms with Gasteiger partial charge < -0.3 is 4.74 Å². The summed E-state index contributed by atoms with van der Waals surface area (Å²) in [6.07, 6.45) is -0.234. The van der Waals surface area contributed by atoms with Gasteiger partial charge in [-0.15, -0.1) is 0 Å². The van der Waals surface area contributed by atoms with Crippen LogP contribution in [0.4, 0.5) is 0 Å². The van der Waals surface area contributed by atoms with Crippen molar-refractivity contribution in [3.8, 4) is 0 Å². The number of carbonyl (C=O) groups excluding carboxylic acids is 2. The molecule has 5 nitrogen and oxygen atoms in total. The van der Waals surface area contributed by atoms with E-state index in [2.05, 4.69) is 4.99 Å². The van der Waals surface area contributed by atoms with Crippen molar-refractivity contribution in [3.63, 3.8) is 0 Å². The van der Waals surface area contributed by atoms with Crippen molar-refractivity contribution in [1.82, 2.24) is 4.90 Å². The number of amidine groups is 1. The third-order valence-electron chi connectivity index (χ3n) is 3.94. The average molecular weight is 344 g/mol. The van der Waals surface area contributed by atoms with E-state index in [-0.39, 0.29) is 17.3 Å². The number of rotatable bonds is 3. The highest BCUT2D eigenvalue weighted by Gasteiger charge is 2.46. The van der Waals surface area contributed by atoms with Crippen molar-refractivity contribution < 1.29 is 14.3 Å². The number of fused-ring (bicyclic) bond motifs is 1. The number of nitrogens with zero attached hydrogens (tertiary/aromatic N) is 2. The second-order valence-electron chi connectivity index (χ2n) is 6.13. The van der Waals surface area contributed by atoms with E-state index in [1.54, 1.807) is 11.8 Å². The van der Waals surface area contributed by atoms with Gasteiger partial charge in [0.15, 0.2) is 5.17 Å². The van der Waals surface area contributed by atoms with Gasteiger partial charge in [0.05, 0.1) is 28.7 Å². The van der Waals surface area contributed by atoms with Crippen LogP contribution in [-0.4, -0.2) is 33.3 Å². The maximum Gasteiger partial charge on any atom is 0.338 e. The van der Waals surface area contributed by atoms with Gasteiger partial charge in [-0.05, 0) is 33.3 Å². The molecule has 0 saturated carbocycles.